The Morgan fingerprint density at radius 1 is 0.409 bits per heavy atom. The Balaban J connectivity index is 0.616. The quantitative estimate of drug-likeness (QED) is 0.0285. The van der Waals surface area contributed by atoms with Crippen LogP contribution in [0.5, 0.6) is 0 Å². The summed E-state index contributed by atoms with van der Waals surface area (Å²) in [5.41, 5.74) is -2.12. The second-order valence-electron chi connectivity index (χ2n) is 28.3. The minimum atomic E-state index is -4.69. The molecule has 0 aromatic carbocycles. The average Bonchev–Trinajstić information content (AvgIpc) is 1.60. The van der Waals surface area contributed by atoms with Crippen LogP contribution in [-0.2, 0) is 89.8 Å². The number of unbranched alkanes of at least 4 members (excludes halogenated alkanes) is 9. The highest BCUT2D eigenvalue weighted by atomic mass is 19.4. The average molecular weight is 1590 g/mol. The summed E-state index contributed by atoms with van der Waals surface area (Å²) < 4.78 is 189. The predicted octanol–water partition coefficient (Wildman–Crippen LogP) is 3.21. The molecule has 6 aliphatic rings. The van der Waals surface area contributed by atoms with Gasteiger partial charge in [0.15, 0.2) is 18.9 Å². The van der Waals surface area contributed by atoms with E-state index >= 15 is 0 Å². The van der Waals surface area contributed by atoms with Crippen molar-refractivity contribution in [2.45, 2.75) is 211 Å². The second-order valence-corrected chi connectivity index (χ2v) is 28.3. The summed E-state index contributed by atoms with van der Waals surface area (Å²) in [4.78, 5) is 49.0. The lowest BCUT2D eigenvalue weighted by molar-refractivity contribution is -0.229. The van der Waals surface area contributed by atoms with Gasteiger partial charge in [0.2, 0.25) is 17.7 Å². The van der Waals surface area contributed by atoms with Crippen molar-refractivity contribution in [2.24, 2.45) is 5.73 Å². The molecular weight excluding hydrogens is 1490 g/mol. The van der Waals surface area contributed by atoms with Crippen molar-refractivity contribution in [2.75, 3.05) is 135 Å². The maximum absolute atomic E-state index is 13.2. The first-order valence-corrected chi connectivity index (χ1v) is 36.9. The van der Waals surface area contributed by atoms with E-state index in [2.05, 4.69) is 46.9 Å². The van der Waals surface area contributed by atoms with Crippen molar-refractivity contribution >= 4 is 35.2 Å². The molecule has 6 bridgehead atoms. The molecule has 0 unspecified atom stereocenters. The number of aliphatic hydroxyl groups excluding tert-OH is 6. The lowest BCUT2D eigenvalue weighted by Crippen LogP contribution is -2.64. The zero-order valence-corrected chi connectivity index (χ0v) is 60.6. The van der Waals surface area contributed by atoms with Gasteiger partial charge in [-0.05, 0) is 74.9 Å². The summed E-state index contributed by atoms with van der Waals surface area (Å²) in [6.45, 7) is 0.888. The Labute approximate surface area is 628 Å². The van der Waals surface area contributed by atoms with Crippen molar-refractivity contribution in [1.82, 2.24) is 30.9 Å². The van der Waals surface area contributed by atoms with Crippen LogP contribution in [0.1, 0.15) is 113 Å². The van der Waals surface area contributed by atoms with E-state index in [1.807, 2.05) is 0 Å². The number of carbonyl (C=O) groups is 3. The Morgan fingerprint density at radius 3 is 0.955 bits per heavy atom. The number of aromatic nitrogens is 3. The van der Waals surface area contributed by atoms with Gasteiger partial charge in [-0.3, -0.25) is 14.4 Å². The topological polar surface area (TPSA) is 420 Å². The van der Waals surface area contributed by atoms with Crippen molar-refractivity contribution in [3.05, 3.63) is 71.7 Å². The molecule has 15 atom stereocenters. The fraction of sp³-hybridized carbons (Fsp3) is 0.743. The van der Waals surface area contributed by atoms with Crippen molar-refractivity contribution in [1.29, 1.82) is 0 Å². The summed E-state index contributed by atoms with van der Waals surface area (Å²) in [6, 6.07) is 6.38. The number of pyridine rings is 3. The first kappa shape index (κ1) is 87.8. The summed E-state index contributed by atoms with van der Waals surface area (Å²) in [5.74, 6) is -1.37. The molecule has 0 radical (unpaired) electrons. The SMILES string of the molecule is NC(COCCC(=O)NCCCCCCOC[C@@]12CO[C@@H](O1)[C@H](Nc1cccc(C(F)(F)F)n1)[C@@H](O)[C@H]2O)(COCCC(=O)NCCCCCCOC[C@@]12CO[C@@H](O1)[C@H](Nc1cccc(C(F)(F)F)n1)[C@@H](O)[C@H]2O)COCCC(=O)NCCCCCCOC[C@@]12CO[C@@H](O1)[C@H](Nc1cccc(C(F)(F)F)n1)[C@@H](O)[C@H]2O. The summed E-state index contributed by atoms with van der Waals surface area (Å²) in [6.07, 6.45) is -18.1. The molecule has 6 fully saturated rings. The molecule has 9 rings (SSSR count). The molecule has 3 amide bonds. The Hall–Kier alpha value is -6.13. The van der Waals surface area contributed by atoms with Gasteiger partial charge in [-0.25, -0.2) is 15.0 Å². The minimum Gasteiger partial charge on any atom is -0.388 e. The number of amides is 3. The number of carbonyl (C=O) groups excluding carboxylic acids is 3. The van der Waals surface area contributed by atoms with Crippen LogP contribution in [0, 0.1) is 0 Å². The fourth-order valence-corrected chi connectivity index (χ4v) is 13.2. The first-order chi connectivity index (χ1) is 52.4. The van der Waals surface area contributed by atoms with E-state index < -0.39 is 132 Å². The number of halogens is 9. The maximum atomic E-state index is 13.2. The molecule has 0 spiro atoms. The number of hydrogen-bond acceptors (Lipinski definition) is 28. The molecule has 0 aliphatic carbocycles. The number of anilines is 3. The Bertz CT molecular complexity index is 3020. The standard InChI is InChI=1S/C70H101F9N10O21/c71-68(72,73)43-16-13-19-46(84-43)87-52-55(93)58(96)65(40-105-61(52)108-65)37-99-28-10-4-1-7-25-81-49(90)22-31-102-34-64(80,35-103-32-23-50(91)82-26-8-2-5-11-29-100-38-66-41-106-62(109-66)53(56(94)59(66)97)88-47-20-14-17-44(85-47)69(74,75)76)36-104-33-24-51(92)83-27-9-3-6-12-30-101-39-67-42-107-63(110-67)54(57(95)60(67)98)89-48-21-15-18-45(86-48)70(77,78)79/h13-21,52-63,93-98H,1-12,22-42,80H2,(H,81,90)(H,82,91)(H,83,92)(H,84,87)(H,85,88)(H,86,89)/t52-,53-,54-,55-,56-,57-,58-,59-,60-,61+,62+,63+,65+,66+,67+/m1/s1. The third kappa shape index (κ3) is 24.9. The molecule has 110 heavy (non-hydrogen) atoms. The zero-order chi connectivity index (χ0) is 79.2. The molecule has 9 heterocycles. The van der Waals surface area contributed by atoms with E-state index in [9.17, 15) is 84.5 Å². The number of nitrogens with one attached hydrogen (secondary N) is 6. The monoisotopic (exact) mass is 1590 g/mol. The highest BCUT2D eigenvalue weighted by molar-refractivity contribution is 5.76. The van der Waals surface area contributed by atoms with E-state index in [1.165, 1.54) is 18.2 Å². The highest BCUT2D eigenvalue weighted by Gasteiger charge is 2.62. The van der Waals surface area contributed by atoms with Crippen molar-refractivity contribution in [3.63, 3.8) is 0 Å². The lowest BCUT2D eigenvalue weighted by atomic mass is 9.88. The number of ether oxygens (including phenoxy) is 12. The van der Waals surface area contributed by atoms with Crippen LogP contribution in [0.25, 0.3) is 0 Å². The van der Waals surface area contributed by atoms with Crippen LogP contribution in [0.2, 0.25) is 0 Å². The van der Waals surface area contributed by atoms with Gasteiger partial charge in [-0.1, -0.05) is 56.7 Å². The van der Waals surface area contributed by atoms with Gasteiger partial charge >= 0.3 is 18.5 Å². The van der Waals surface area contributed by atoms with E-state index in [0.29, 0.717) is 58.2 Å². The Morgan fingerprint density at radius 2 is 0.682 bits per heavy atom. The predicted molar refractivity (Wildman–Crippen MR) is 367 cm³/mol. The number of nitrogens with two attached hydrogens (primary N) is 1. The van der Waals surface area contributed by atoms with Crippen LogP contribution in [0.4, 0.5) is 57.0 Å². The third-order valence-corrected chi connectivity index (χ3v) is 19.4. The van der Waals surface area contributed by atoms with Crippen molar-refractivity contribution in [3.8, 4) is 0 Å². The van der Waals surface area contributed by atoms with E-state index in [4.69, 9.17) is 62.6 Å². The smallest absolute Gasteiger partial charge is 0.388 e. The van der Waals surface area contributed by atoms with Crippen LogP contribution in [0.3, 0.4) is 0 Å². The summed E-state index contributed by atoms with van der Waals surface area (Å²) >= 11 is 0. The van der Waals surface area contributed by atoms with Gasteiger partial charge < -0.3 is 125 Å². The molecular formula is C70H101F9N10O21. The summed E-state index contributed by atoms with van der Waals surface area (Å²) in [5, 5.41) is 82.6. The fourth-order valence-electron chi connectivity index (χ4n) is 13.2. The Kier molecular flexibility index (Phi) is 32.5. The van der Waals surface area contributed by atoms with Crippen LogP contribution < -0.4 is 37.6 Å². The number of hydrogen-bond donors (Lipinski definition) is 13. The third-order valence-electron chi connectivity index (χ3n) is 19.4. The molecule has 3 aromatic rings. The van der Waals surface area contributed by atoms with Crippen LogP contribution in [-0.4, -0.2) is 278 Å². The largest absolute Gasteiger partial charge is 0.433 e. The number of fused-ring (bicyclic) bond motifs is 6. The number of alkyl halides is 9. The van der Waals surface area contributed by atoms with E-state index in [1.54, 1.807) is 0 Å². The first-order valence-electron chi connectivity index (χ1n) is 36.9. The van der Waals surface area contributed by atoms with E-state index in [-0.39, 0.29) is 154 Å². The van der Waals surface area contributed by atoms with Crippen LogP contribution in [0.15, 0.2) is 54.6 Å². The molecule has 40 heteroatoms. The lowest BCUT2D eigenvalue weighted by Gasteiger charge is -2.42. The normalized spacial score (nSPS) is 27.9. The van der Waals surface area contributed by atoms with E-state index in [0.717, 1.165) is 74.9 Å². The molecule has 620 valence electrons. The van der Waals surface area contributed by atoms with Gasteiger partial charge in [0.25, 0.3) is 0 Å². The highest BCUT2D eigenvalue weighted by Crippen LogP contribution is 2.42. The zero-order valence-electron chi connectivity index (χ0n) is 60.6. The minimum absolute atomic E-state index is 0.00482. The summed E-state index contributed by atoms with van der Waals surface area (Å²) in [7, 11) is 0. The van der Waals surface area contributed by atoms with Gasteiger partial charge in [0, 0.05) is 58.7 Å². The van der Waals surface area contributed by atoms with Gasteiger partial charge in [-0.15, -0.1) is 0 Å². The number of nitrogens with zero attached hydrogens (tertiary/aromatic N) is 3. The number of aliphatic hydroxyl groups is 6. The van der Waals surface area contributed by atoms with Gasteiger partial charge in [0.1, 0.15) is 106 Å². The molecule has 6 aliphatic heterocycles. The molecule has 31 nitrogen and oxygen atoms in total. The van der Waals surface area contributed by atoms with Crippen LogP contribution >= 0.6 is 0 Å². The molecule has 14 N–H and O–H groups in total. The molecule has 6 saturated heterocycles. The van der Waals surface area contributed by atoms with Crippen molar-refractivity contribution < 1.29 is 141 Å². The van der Waals surface area contributed by atoms with Gasteiger partial charge in [-0.2, -0.15) is 39.5 Å². The second kappa shape index (κ2) is 40.7. The number of rotatable bonds is 48. The molecule has 0 saturated carbocycles. The maximum Gasteiger partial charge on any atom is 0.433 e. The van der Waals surface area contributed by atoms with Gasteiger partial charge in [0.05, 0.1) is 84.8 Å². The molecule has 3 aromatic heterocycles.